The zero-order valence-electron chi connectivity index (χ0n) is 14.6. The summed E-state index contributed by atoms with van der Waals surface area (Å²) in [6.45, 7) is 3.48. The van der Waals surface area contributed by atoms with Crippen LogP contribution in [0.3, 0.4) is 0 Å². The molecule has 0 atom stereocenters. The molecule has 0 aliphatic carbocycles. The number of aromatic nitrogens is 4. The van der Waals surface area contributed by atoms with Gasteiger partial charge in [-0.2, -0.15) is 10.4 Å². The van der Waals surface area contributed by atoms with Gasteiger partial charge in [0.25, 0.3) is 0 Å². The number of aryl methyl sites for hydroxylation is 1. The zero-order chi connectivity index (χ0) is 17.8. The van der Waals surface area contributed by atoms with Crippen LogP contribution in [0.4, 0.5) is 11.5 Å². The molecule has 3 aromatic rings. The summed E-state index contributed by atoms with van der Waals surface area (Å²) in [6, 6.07) is 10.7. The quantitative estimate of drug-likeness (QED) is 0.738. The molecule has 0 saturated carbocycles. The second-order valence-electron chi connectivity index (χ2n) is 6.41. The number of fused-ring (bicyclic) bond motifs is 1. The van der Waals surface area contributed by atoms with Crippen LogP contribution in [0.25, 0.3) is 11.0 Å². The molecule has 1 aliphatic heterocycles. The highest BCUT2D eigenvalue weighted by Gasteiger charge is 2.16. The summed E-state index contributed by atoms with van der Waals surface area (Å²) in [7, 11) is 0. The van der Waals surface area contributed by atoms with E-state index >= 15 is 0 Å². The average molecular weight is 347 g/mol. The van der Waals surface area contributed by atoms with E-state index in [2.05, 4.69) is 55.6 Å². The largest absolute Gasteiger partial charge is 0.371 e. The predicted molar refractivity (Wildman–Crippen MR) is 101 cm³/mol. The summed E-state index contributed by atoms with van der Waals surface area (Å²) in [5.41, 5.74) is 3.32. The Bertz CT molecular complexity index is 934. The molecule has 0 radical (unpaired) electrons. The number of nitriles is 1. The SMILES string of the molecule is N#CCCn1ncc2c(NCc3ccccc3N3CCCC3)ncnc21. The Labute approximate surface area is 152 Å². The van der Waals surface area contributed by atoms with Gasteiger partial charge in [0.1, 0.15) is 12.1 Å². The van der Waals surface area contributed by atoms with E-state index in [1.165, 1.54) is 24.1 Å². The van der Waals surface area contributed by atoms with E-state index in [-0.39, 0.29) is 0 Å². The second-order valence-corrected chi connectivity index (χ2v) is 6.41. The molecule has 4 rings (SSSR count). The molecule has 2 aromatic heterocycles. The van der Waals surface area contributed by atoms with E-state index in [1.807, 2.05) is 0 Å². The molecular formula is C19H21N7. The average Bonchev–Trinajstić information content (AvgIpc) is 3.35. The van der Waals surface area contributed by atoms with E-state index in [0.29, 0.717) is 19.5 Å². The number of para-hydroxylation sites is 1. The smallest absolute Gasteiger partial charge is 0.163 e. The fraction of sp³-hybridized carbons (Fsp3) is 0.368. The molecule has 3 heterocycles. The fourth-order valence-electron chi connectivity index (χ4n) is 3.46. The Morgan fingerprint density at radius 3 is 2.85 bits per heavy atom. The number of benzene rings is 1. The van der Waals surface area contributed by atoms with E-state index < -0.39 is 0 Å². The predicted octanol–water partition coefficient (Wildman–Crippen LogP) is 2.95. The second kappa shape index (κ2) is 7.40. The lowest BCUT2D eigenvalue weighted by atomic mass is 10.1. The zero-order valence-corrected chi connectivity index (χ0v) is 14.6. The molecule has 7 heteroatoms. The summed E-state index contributed by atoms with van der Waals surface area (Å²) in [5.74, 6) is 0.773. The molecule has 132 valence electrons. The van der Waals surface area contributed by atoms with Gasteiger partial charge >= 0.3 is 0 Å². The van der Waals surface area contributed by atoms with Gasteiger partial charge in [0.15, 0.2) is 5.65 Å². The maximum absolute atomic E-state index is 8.78. The molecule has 7 nitrogen and oxygen atoms in total. The molecule has 1 saturated heterocycles. The Kier molecular flexibility index (Phi) is 4.65. The Balaban J connectivity index is 1.55. The lowest BCUT2D eigenvalue weighted by molar-refractivity contribution is 0.643. The number of rotatable bonds is 6. The highest BCUT2D eigenvalue weighted by Crippen LogP contribution is 2.26. The lowest BCUT2D eigenvalue weighted by Crippen LogP contribution is -2.20. The molecule has 26 heavy (non-hydrogen) atoms. The Morgan fingerprint density at radius 1 is 1.15 bits per heavy atom. The first-order valence-corrected chi connectivity index (χ1v) is 8.97. The first-order chi connectivity index (χ1) is 12.9. The van der Waals surface area contributed by atoms with E-state index in [1.54, 1.807) is 17.2 Å². The summed E-state index contributed by atoms with van der Waals surface area (Å²) >= 11 is 0. The van der Waals surface area contributed by atoms with Crippen LogP contribution in [-0.2, 0) is 13.1 Å². The van der Waals surface area contributed by atoms with Gasteiger partial charge in [0.2, 0.25) is 0 Å². The monoisotopic (exact) mass is 347 g/mol. The van der Waals surface area contributed by atoms with Crippen molar-refractivity contribution in [3.05, 3.63) is 42.4 Å². The van der Waals surface area contributed by atoms with Gasteiger partial charge < -0.3 is 10.2 Å². The number of hydrogen-bond acceptors (Lipinski definition) is 6. The van der Waals surface area contributed by atoms with Gasteiger partial charge in [-0.1, -0.05) is 18.2 Å². The standard InChI is InChI=1S/C19H21N7/c20-8-5-11-26-19-16(13-24-26)18(22-14-23-19)21-12-15-6-1-2-7-17(15)25-9-3-4-10-25/h1-2,6-7,13-14H,3-5,9-12H2,(H,21,22,23). The Morgan fingerprint density at radius 2 is 2.00 bits per heavy atom. The van der Waals surface area contributed by atoms with Crippen molar-refractivity contribution in [3.8, 4) is 6.07 Å². The van der Waals surface area contributed by atoms with Crippen molar-refractivity contribution in [2.75, 3.05) is 23.3 Å². The van der Waals surface area contributed by atoms with Gasteiger partial charge in [-0.3, -0.25) is 0 Å². The third-order valence-corrected chi connectivity index (χ3v) is 4.75. The third-order valence-electron chi connectivity index (χ3n) is 4.75. The summed E-state index contributed by atoms with van der Waals surface area (Å²) in [4.78, 5) is 11.2. The van der Waals surface area contributed by atoms with Crippen LogP contribution in [-0.4, -0.2) is 32.8 Å². The van der Waals surface area contributed by atoms with Crippen LogP contribution in [0.1, 0.15) is 24.8 Å². The highest BCUT2D eigenvalue weighted by atomic mass is 15.3. The molecule has 0 amide bonds. The van der Waals surface area contributed by atoms with Crippen LogP contribution in [0.2, 0.25) is 0 Å². The van der Waals surface area contributed by atoms with Gasteiger partial charge in [-0.15, -0.1) is 0 Å². The van der Waals surface area contributed by atoms with Gasteiger partial charge in [0.05, 0.1) is 30.6 Å². The normalized spacial score (nSPS) is 13.9. The highest BCUT2D eigenvalue weighted by molar-refractivity contribution is 5.86. The third kappa shape index (κ3) is 3.18. The topological polar surface area (TPSA) is 82.7 Å². The van der Waals surface area contributed by atoms with Crippen molar-refractivity contribution in [1.82, 2.24) is 19.7 Å². The van der Waals surface area contributed by atoms with Crippen molar-refractivity contribution < 1.29 is 0 Å². The lowest BCUT2D eigenvalue weighted by Gasteiger charge is -2.21. The van der Waals surface area contributed by atoms with Gasteiger partial charge in [0, 0.05) is 25.3 Å². The molecule has 1 N–H and O–H groups in total. The Hall–Kier alpha value is -3.14. The van der Waals surface area contributed by atoms with E-state index in [4.69, 9.17) is 5.26 Å². The fourth-order valence-corrected chi connectivity index (χ4v) is 3.46. The van der Waals surface area contributed by atoms with E-state index in [9.17, 15) is 0 Å². The number of anilines is 2. The van der Waals surface area contributed by atoms with Gasteiger partial charge in [-0.25, -0.2) is 14.6 Å². The minimum absolute atomic E-state index is 0.409. The molecule has 1 fully saturated rings. The molecule has 1 aliphatic rings. The molecule has 0 unspecified atom stereocenters. The first kappa shape index (κ1) is 16.3. The van der Waals surface area contributed by atoms with Crippen molar-refractivity contribution in [2.24, 2.45) is 0 Å². The van der Waals surface area contributed by atoms with Crippen LogP contribution in [0, 0.1) is 11.3 Å². The van der Waals surface area contributed by atoms with Crippen molar-refractivity contribution in [3.63, 3.8) is 0 Å². The first-order valence-electron chi connectivity index (χ1n) is 8.97. The molecule has 0 bridgehead atoms. The van der Waals surface area contributed by atoms with Gasteiger partial charge in [-0.05, 0) is 24.5 Å². The number of nitrogens with zero attached hydrogens (tertiary/aromatic N) is 6. The van der Waals surface area contributed by atoms with Crippen LogP contribution >= 0.6 is 0 Å². The van der Waals surface area contributed by atoms with Crippen LogP contribution < -0.4 is 10.2 Å². The maximum Gasteiger partial charge on any atom is 0.163 e. The minimum atomic E-state index is 0.409. The molecule has 0 spiro atoms. The number of hydrogen-bond donors (Lipinski definition) is 1. The van der Waals surface area contributed by atoms with Crippen LogP contribution in [0.5, 0.6) is 0 Å². The van der Waals surface area contributed by atoms with Crippen LogP contribution in [0.15, 0.2) is 36.8 Å². The molecular weight excluding hydrogens is 326 g/mol. The number of nitrogens with one attached hydrogen (secondary N) is 1. The summed E-state index contributed by atoms with van der Waals surface area (Å²) < 4.78 is 1.75. The van der Waals surface area contributed by atoms with Crippen molar-refractivity contribution >= 4 is 22.5 Å². The van der Waals surface area contributed by atoms with Crippen molar-refractivity contribution in [2.45, 2.75) is 32.4 Å². The summed E-state index contributed by atoms with van der Waals surface area (Å²) in [5, 5.41) is 17.4. The van der Waals surface area contributed by atoms with Crippen molar-refractivity contribution in [1.29, 1.82) is 5.26 Å². The maximum atomic E-state index is 8.78. The minimum Gasteiger partial charge on any atom is -0.371 e. The van der Waals surface area contributed by atoms with E-state index in [0.717, 1.165) is 29.9 Å². The molecule has 1 aromatic carbocycles. The summed E-state index contributed by atoms with van der Waals surface area (Å²) in [6.07, 6.45) is 6.24.